The first-order chi connectivity index (χ1) is 15.0. The molecule has 0 N–H and O–H groups in total. The molecule has 2 aliphatic rings. The molecule has 0 aliphatic carbocycles. The molecule has 0 amide bonds. The highest BCUT2D eigenvalue weighted by Gasteiger charge is 2.69. The summed E-state index contributed by atoms with van der Waals surface area (Å²) in [6.07, 6.45) is 0.358. The second kappa shape index (κ2) is 5.56. The minimum absolute atomic E-state index is 0.00252. The van der Waals surface area contributed by atoms with Crippen LogP contribution in [-0.4, -0.2) is 34.5 Å². The lowest BCUT2D eigenvalue weighted by Crippen LogP contribution is -2.77. The van der Waals surface area contributed by atoms with Crippen LogP contribution >= 0.6 is 0 Å². The van der Waals surface area contributed by atoms with Gasteiger partial charge in [-0.1, -0.05) is 20.8 Å². The van der Waals surface area contributed by atoms with Crippen LogP contribution in [0.15, 0.2) is 36.8 Å². The number of hydrogen-bond donors (Lipinski definition) is 0. The van der Waals surface area contributed by atoms with Crippen molar-refractivity contribution in [1.29, 1.82) is 0 Å². The van der Waals surface area contributed by atoms with Crippen molar-refractivity contribution in [3.05, 3.63) is 54.0 Å². The molecule has 12 heteroatoms. The minimum atomic E-state index is -4.71. The molecular weight excluding hydrogens is 423 g/mol. The quantitative estimate of drug-likeness (QED) is 0.335. The maximum atomic E-state index is 13.6. The monoisotopic (exact) mass is 441 g/mol. The maximum Gasteiger partial charge on any atom is 0.528 e. The van der Waals surface area contributed by atoms with E-state index in [-0.39, 0.29) is 17.1 Å². The van der Waals surface area contributed by atoms with E-state index in [9.17, 15) is 13.2 Å². The molecular formula is C20H18F3N9+2. The van der Waals surface area contributed by atoms with Gasteiger partial charge in [-0.2, -0.15) is 18.2 Å². The average molecular weight is 441 g/mol. The molecule has 9 nitrogen and oxygen atoms in total. The van der Waals surface area contributed by atoms with E-state index < -0.39 is 17.9 Å². The van der Waals surface area contributed by atoms with E-state index in [1.807, 2.05) is 22.9 Å². The number of nitrogens with zero attached hydrogens (tertiary/aromatic N) is 9. The predicted molar refractivity (Wildman–Crippen MR) is 102 cm³/mol. The number of fused-ring (bicyclic) bond motifs is 10. The van der Waals surface area contributed by atoms with Crippen LogP contribution in [0.25, 0.3) is 23.2 Å². The third-order valence-electron chi connectivity index (χ3n) is 5.78. The first-order valence-corrected chi connectivity index (χ1v) is 9.96. The zero-order chi connectivity index (χ0) is 22.6. The summed E-state index contributed by atoms with van der Waals surface area (Å²) in [6, 6.07) is 5.64. The Labute approximate surface area is 179 Å². The van der Waals surface area contributed by atoms with E-state index in [1.54, 1.807) is 28.4 Å². The third-order valence-corrected chi connectivity index (χ3v) is 5.78. The summed E-state index contributed by atoms with van der Waals surface area (Å²) in [5.41, 5.74) is 1.62. The maximum absolute atomic E-state index is 13.6. The topological polar surface area (TPSA) is 82.1 Å². The fourth-order valence-corrected chi connectivity index (χ4v) is 4.37. The standard InChI is InChI=1S/C20H18F3N9/c1-11-25-14-13-10-12(18(2,3)4)6-9-29(13)20(31(14)27-11)30-8-5-7-24-15(30)16-26-17(19(21,22)23)28-32(16)20/h5-10H,1-4H3/q+2. The van der Waals surface area contributed by atoms with Crippen LogP contribution in [0, 0.1) is 6.92 Å². The lowest BCUT2D eigenvalue weighted by Gasteiger charge is -2.20. The number of aromatic nitrogens is 9. The Balaban J connectivity index is 1.76. The van der Waals surface area contributed by atoms with Crippen LogP contribution in [0.3, 0.4) is 0 Å². The Morgan fingerprint density at radius 1 is 0.969 bits per heavy atom. The molecule has 1 unspecified atom stereocenters. The van der Waals surface area contributed by atoms with Crippen molar-refractivity contribution in [2.45, 2.75) is 45.2 Å². The fraction of sp³-hybridized carbons (Fsp3) is 0.350. The molecule has 6 rings (SSSR count). The highest BCUT2D eigenvalue weighted by Crippen LogP contribution is 2.38. The molecule has 0 saturated carbocycles. The minimum Gasteiger partial charge on any atom is -0.206 e. The van der Waals surface area contributed by atoms with Crippen LogP contribution < -0.4 is 9.13 Å². The van der Waals surface area contributed by atoms with Gasteiger partial charge in [-0.15, -0.1) is 28.7 Å². The summed E-state index contributed by atoms with van der Waals surface area (Å²) in [5.74, 6) is -1.43. The van der Waals surface area contributed by atoms with E-state index in [0.29, 0.717) is 17.3 Å². The zero-order valence-corrected chi connectivity index (χ0v) is 17.6. The Kier molecular flexibility index (Phi) is 3.30. The van der Waals surface area contributed by atoms with Gasteiger partial charge in [-0.25, -0.2) is 4.98 Å². The molecule has 0 fully saturated rings. The number of hydrogen-bond acceptors (Lipinski definition) is 5. The molecule has 2 aliphatic heterocycles. The largest absolute Gasteiger partial charge is 0.528 e. The Bertz CT molecular complexity index is 1430. The number of aryl methyl sites for hydroxylation is 1. The summed E-state index contributed by atoms with van der Waals surface area (Å²) in [6.45, 7) is 8.02. The van der Waals surface area contributed by atoms with Gasteiger partial charge in [0.2, 0.25) is 5.82 Å². The van der Waals surface area contributed by atoms with Gasteiger partial charge < -0.3 is 0 Å². The van der Waals surface area contributed by atoms with Crippen LogP contribution in [0.1, 0.15) is 38.0 Å². The summed E-state index contributed by atoms with van der Waals surface area (Å²) >= 11 is 0. The van der Waals surface area contributed by atoms with E-state index in [0.717, 1.165) is 5.56 Å². The van der Waals surface area contributed by atoms with Gasteiger partial charge in [0.1, 0.15) is 18.2 Å². The molecule has 0 bridgehead atoms. The van der Waals surface area contributed by atoms with E-state index in [2.05, 4.69) is 45.9 Å². The van der Waals surface area contributed by atoms with Crippen LogP contribution in [0.2, 0.25) is 0 Å². The smallest absolute Gasteiger partial charge is 0.206 e. The predicted octanol–water partition coefficient (Wildman–Crippen LogP) is 1.64. The Morgan fingerprint density at radius 3 is 2.44 bits per heavy atom. The van der Waals surface area contributed by atoms with Gasteiger partial charge in [0, 0.05) is 18.2 Å². The van der Waals surface area contributed by atoms with Crippen molar-refractivity contribution in [2.24, 2.45) is 0 Å². The van der Waals surface area contributed by atoms with Crippen molar-refractivity contribution >= 4 is 0 Å². The first kappa shape index (κ1) is 19.0. The highest BCUT2D eigenvalue weighted by atomic mass is 19.4. The number of alkyl halides is 3. The van der Waals surface area contributed by atoms with Crippen LogP contribution in [0.4, 0.5) is 13.2 Å². The third kappa shape index (κ3) is 2.16. The average Bonchev–Trinajstić information content (AvgIpc) is 3.42. The van der Waals surface area contributed by atoms with Crippen LogP contribution in [0.5, 0.6) is 0 Å². The molecule has 0 radical (unpaired) electrons. The van der Waals surface area contributed by atoms with Gasteiger partial charge >= 0.3 is 17.9 Å². The summed E-state index contributed by atoms with van der Waals surface area (Å²) in [4.78, 5) is 12.7. The van der Waals surface area contributed by atoms with Crippen molar-refractivity contribution in [1.82, 2.24) is 34.5 Å². The van der Waals surface area contributed by atoms with Gasteiger partial charge in [0.15, 0.2) is 6.20 Å². The normalized spacial score (nSPS) is 18.6. The molecule has 32 heavy (non-hydrogen) atoms. The lowest BCUT2D eigenvalue weighted by atomic mass is 9.87. The second-order valence-corrected chi connectivity index (χ2v) is 8.90. The second-order valence-electron chi connectivity index (χ2n) is 8.90. The van der Waals surface area contributed by atoms with Crippen molar-refractivity contribution in [3.8, 4) is 23.2 Å². The molecule has 0 saturated heterocycles. The number of rotatable bonds is 0. The van der Waals surface area contributed by atoms with Gasteiger partial charge in [0.05, 0.1) is 0 Å². The van der Waals surface area contributed by atoms with E-state index in [1.165, 1.54) is 10.9 Å². The number of pyridine rings is 1. The lowest BCUT2D eigenvalue weighted by molar-refractivity contribution is -0.991. The van der Waals surface area contributed by atoms with E-state index >= 15 is 0 Å². The SMILES string of the molecule is Cc1nc2n(n1)C1(n3nc(C(F)(F)F)nc3-c3nccc[n+]31)[n+]1ccc(C(C)(C)C)cc1-2. The first-order valence-electron chi connectivity index (χ1n) is 9.96. The summed E-state index contributed by atoms with van der Waals surface area (Å²) in [7, 11) is 0. The fourth-order valence-electron chi connectivity index (χ4n) is 4.37. The van der Waals surface area contributed by atoms with E-state index in [4.69, 9.17) is 0 Å². The molecule has 4 aromatic rings. The Morgan fingerprint density at radius 2 is 1.72 bits per heavy atom. The molecule has 1 atom stereocenters. The van der Waals surface area contributed by atoms with Crippen molar-refractivity contribution in [3.63, 3.8) is 0 Å². The summed E-state index contributed by atoms with van der Waals surface area (Å²) in [5, 5.41) is 8.47. The zero-order valence-electron chi connectivity index (χ0n) is 17.6. The van der Waals surface area contributed by atoms with Crippen molar-refractivity contribution in [2.75, 3.05) is 0 Å². The molecule has 1 spiro atoms. The number of halogens is 3. The molecule has 0 aromatic carbocycles. The van der Waals surface area contributed by atoms with Gasteiger partial charge in [-0.05, 0) is 22.9 Å². The van der Waals surface area contributed by atoms with Crippen molar-refractivity contribution < 1.29 is 22.3 Å². The van der Waals surface area contributed by atoms with Gasteiger partial charge in [-0.3, -0.25) is 0 Å². The Hall–Kier alpha value is -3.70. The van der Waals surface area contributed by atoms with Crippen LogP contribution in [-0.2, 0) is 17.5 Å². The summed E-state index contributed by atoms with van der Waals surface area (Å²) < 4.78 is 47.0. The molecule has 162 valence electrons. The molecule has 4 aromatic heterocycles. The highest BCUT2D eigenvalue weighted by molar-refractivity contribution is 5.52. The van der Waals surface area contributed by atoms with Gasteiger partial charge in [0.25, 0.3) is 17.3 Å². The molecule has 6 heterocycles.